The van der Waals surface area contributed by atoms with Gasteiger partial charge in [-0.25, -0.2) is 4.79 Å². The smallest absolute Gasteiger partial charge is 0.344 e. The van der Waals surface area contributed by atoms with Crippen molar-refractivity contribution < 1.29 is 23.4 Å². The maximum Gasteiger partial charge on any atom is 0.344 e. The van der Waals surface area contributed by atoms with Crippen LogP contribution in [0.25, 0.3) is 21.7 Å². The Morgan fingerprint density at radius 2 is 1.67 bits per heavy atom. The molecule has 170 valence electrons. The lowest BCUT2D eigenvalue weighted by atomic mass is 9.98. The highest BCUT2D eigenvalue weighted by Gasteiger charge is 2.25. The summed E-state index contributed by atoms with van der Waals surface area (Å²) in [4.78, 5) is 14.8. The van der Waals surface area contributed by atoms with Crippen molar-refractivity contribution in [2.24, 2.45) is 0 Å². The van der Waals surface area contributed by atoms with E-state index in [1.165, 1.54) is 0 Å². The second-order valence-electron chi connectivity index (χ2n) is 8.10. The SMILES string of the molecule is COc1cc(CN2COc3cc(C)c4c(oc(=O)c5ccccc54)c3C2)cc(OC)c1OC. The molecule has 0 N–H and O–H groups in total. The van der Waals surface area contributed by atoms with Crippen LogP contribution in [0.2, 0.25) is 0 Å². The van der Waals surface area contributed by atoms with Gasteiger partial charge in [-0.15, -0.1) is 0 Å². The Morgan fingerprint density at radius 3 is 2.33 bits per heavy atom. The molecular formula is C26H25NO6. The predicted octanol–water partition coefficient (Wildman–Crippen LogP) is 4.63. The molecule has 33 heavy (non-hydrogen) atoms. The fraction of sp³-hybridized carbons (Fsp3) is 0.269. The number of ether oxygens (including phenoxy) is 4. The Morgan fingerprint density at radius 1 is 0.970 bits per heavy atom. The lowest BCUT2D eigenvalue weighted by Crippen LogP contribution is -2.31. The molecule has 2 heterocycles. The molecule has 3 aromatic carbocycles. The fourth-order valence-electron chi connectivity index (χ4n) is 4.57. The van der Waals surface area contributed by atoms with Crippen molar-refractivity contribution >= 4 is 21.7 Å². The molecule has 1 aliphatic heterocycles. The van der Waals surface area contributed by atoms with Crippen LogP contribution in [0.5, 0.6) is 23.0 Å². The standard InChI is InChI=1S/C26H25NO6/c1-15-9-20-19(24-23(15)17-7-5-6-8-18(17)26(28)33-24)13-27(14-32-20)12-16-10-21(29-2)25(31-4)22(11-16)30-3/h5-11H,12-14H2,1-4H3. The average molecular weight is 447 g/mol. The van der Waals surface area contributed by atoms with Gasteiger partial charge in [-0.3, -0.25) is 4.90 Å². The van der Waals surface area contributed by atoms with Crippen LogP contribution in [0.15, 0.2) is 51.7 Å². The lowest BCUT2D eigenvalue weighted by molar-refractivity contribution is 0.0887. The summed E-state index contributed by atoms with van der Waals surface area (Å²) in [6.07, 6.45) is 0. The minimum absolute atomic E-state index is 0.340. The van der Waals surface area contributed by atoms with Crippen molar-refractivity contribution in [3.8, 4) is 23.0 Å². The zero-order chi connectivity index (χ0) is 23.1. The molecule has 7 heteroatoms. The molecule has 0 aliphatic carbocycles. The molecule has 0 radical (unpaired) electrons. The molecule has 0 saturated carbocycles. The summed E-state index contributed by atoms with van der Waals surface area (Å²) in [5, 5.41) is 2.42. The van der Waals surface area contributed by atoms with E-state index in [9.17, 15) is 4.79 Å². The van der Waals surface area contributed by atoms with Crippen LogP contribution in [-0.4, -0.2) is 33.0 Å². The Hall–Kier alpha value is -3.71. The van der Waals surface area contributed by atoms with E-state index < -0.39 is 0 Å². The van der Waals surface area contributed by atoms with Gasteiger partial charge >= 0.3 is 5.63 Å². The first-order valence-corrected chi connectivity index (χ1v) is 10.7. The summed E-state index contributed by atoms with van der Waals surface area (Å²) >= 11 is 0. The minimum atomic E-state index is -0.340. The quantitative estimate of drug-likeness (QED) is 0.326. The first kappa shape index (κ1) is 21.2. The van der Waals surface area contributed by atoms with Gasteiger partial charge in [0, 0.05) is 23.9 Å². The minimum Gasteiger partial charge on any atom is -0.493 e. The van der Waals surface area contributed by atoms with Gasteiger partial charge in [-0.05, 0) is 42.3 Å². The Balaban J connectivity index is 1.56. The van der Waals surface area contributed by atoms with E-state index in [1.54, 1.807) is 27.4 Å². The van der Waals surface area contributed by atoms with Crippen LogP contribution in [0.3, 0.4) is 0 Å². The number of hydrogen-bond donors (Lipinski definition) is 0. The summed E-state index contributed by atoms with van der Waals surface area (Å²) in [7, 11) is 4.78. The van der Waals surface area contributed by atoms with E-state index in [1.807, 2.05) is 43.3 Å². The van der Waals surface area contributed by atoms with Crippen molar-refractivity contribution in [1.29, 1.82) is 0 Å². The van der Waals surface area contributed by atoms with Gasteiger partial charge in [0.05, 0.1) is 32.3 Å². The molecule has 4 aromatic rings. The van der Waals surface area contributed by atoms with Gasteiger partial charge in [-0.2, -0.15) is 0 Å². The number of rotatable bonds is 5. The van der Waals surface area contributed by atoms with Crippen molar-refractivity contribution in [2.75, 3.05) is 28.1 Å². The van der Waals surface area contributed by atoms with Crippen LogP contribution in [0.4, 0.5) is 0 Å². The zero-order valence-corrected chi connectivity index (χ0v) is 19.1. The Kier molecular flexibility index (Phi) is 5.34. The molecule has 0 atom stereocenters. The van der Waals surface area contributed by atoms with E-state index in [4.69, 9.17) is 23.4 Å². The van der Waals surface area contributed by atoms with Crippen molar-refractivity contribution in [3.05, 3.63) is 69.6 Å². The maximum absolute atomic E-state index is 12.7. The number of fused-ring (bicyclic) bond motifs is 5. The number of benzene rings is 3. The third-order valence-corrected chi connectivity index (χ3v) is 6.07. The van der Waals surface area contributed by atoms with Crippen molar-refractivity contribution in [3.63, 3.8) is 0 Å². The monoisotopic (exact) mass is 447 g/mol. The second-order valence-corrected chi connectivity index (χ2v) is 8.10. The number of nitrogens with zero attached hydrogens (tertiary/aromatic N) is 1. The van der Waals surface area contributed by atoms with Crippen molar-refractivity contribution in [2.45, 2.75) is 20.0 Å². The molecule has 7 nitrogen and oxygen atoms in total. The second kappa shape index (κ2) is 8.33. The lowest BCUT2D eigenvalue weighted by Gasteiger charge is -2.30. The molecule has 5 rings (SSSR count). The number of methoxy groups -OCH3 is 3. The van der Waals surface area contributed by atoms with Gasteiger partial charge in [-0.1, -0.05) is 18.2 Å². The normalized spacial score (nSPS) is 13.6. The van der Waals surface area contributed by atoms with Gasteiger partial charge in [0.1, 0.15) is 18.1 Å². The molecule has 0 fully saturated rings. The largest absolute Gasteiger partial charge is 0.493 e. The van der Waals surface area contributed by atoms with E-state index in [0.29, 0.717) is 48.0 Å². The molecule has 0 saturated heterocycles. The highest BCUT2D eigenvalue weighted by Crippen LogP contribution is 2.40. The molecule has 1 aromatic heterocycles. The summed E-state index contributed by atoms with van der Waals surface area (Å²) in [5.74, 6) is 2.51. The molecule has 0 unspecified atom stereocenters. The zero-order valence-electron chi connectivity index (χ0n) is 19.1. The molecule has 0 spiro atoms. The summed E-state index contributed by atoms with van der Waals surface area (Å²) in [6, 6.07) is 13.4. The van der Waals surface area contributed by atoms with Crippen LogP contribution >= 0.6 is 0 Å². The first-order chi connectivity index (χ1) is 16.0. The number of hydrogen-bond acceptors (Lipinski definition) is 7. The van der Waals surface area contributed by atoms with E-state index >= 15 is 0 Å². The van der Waals surface area contributed by atoms with E-state index in [2.05, 4.69) is 4.90 Å². The summed E-state index contributed by atoms with van der Waals surface area (Å²) < 4.78 is 28.3. The highest BCUT2D eigenvalue weighted by molar-refractivity contribution is 6.07. The maximum atomic E-state index is 12.7. The molecule has 0 amide bonds. The summed E-state index contributed by atoms with van der Waals surface area (Å²) in [5.41, 5.74) is 3.12. The molecule has 0 bridgehead atoms. The van der Waals surface area contributed by atoms with Crippen molar-refractivity contribution in [1.82, 2.24) is 4.90 Å². The van der Waals surface area contributed by atoms with E-state index in [0.717, 1.165) is 33.2 Å². The van der Waals surface area contributed by atoms with Crippen LogP contribution in [-0.2, 0) is 13.1 Å². The number of aryl methyl sites for hydroxylation is 1. The first-order valence-electron chi connectivity index (χ1n) is 10.7. The Bertz CT molecular complexity index is 1400. The topological polar surface area (TPSA) is 70.4 Å². The average Bonchev–Trinajstić information content (AvgIpc) is 2.83. The third-order valence-electron chi connectivity index (χ3n) is 6.07. The highest BCUT2D eigenvalue weighted by atomic mass is 16.5. The third kappa shape index (κ3) is 3.54. The van der Waals surface area contributed by atoms with Crippen LogP contribution in [0.1, 0.15) is 16.7 Å². The van der Waals surface area contributed by atoms with Crippen LogP contribution in [0, 0.1) is 6.92 Å². The summed E-state index contributed by atoms with van der Waals surface area (Å²) in [6.45, 7) is 3.58. The van der Waals surface area contributed by atoms with Gasteiger partial charge < -0.3 is 23.4 Å². The van der Waals surface area contributed by atoms with Gasteiger partial charge in [0.2, 0.25) is 5.75 Å². The fourth-order valence-corrected chi connectivity index (χ4v) is 4.57. The predicted molar refractivity (Wildman–Crippen MR) is 126 cm³/mol. The molecule has 1 aliphatic rings. The van der Waals surface area contributed by atoms with Gasteiger partial charge in [0.15, 0.2) is 11.5 Å². The Labute approximate surface area is 191 Å². The van der Waals surface area contributed by atoms with Gasteiger partial charge in [0.25, 0.3) is 0 Å². The molecular weight excluding hydrogens is 422 g/mol. The van der Waals surface area contributed by atoms with E-state index in [-0.39, 0.29) is 5.63 Å². The van der Waals surface area contributed by atoms with Crippen LogP contribution < -0.4 is 24.6 Å².